The number of nitrogens with two attached hydrogens (primary N) is 1. The van der Waals surface area contributed by atoms with E-state index >= 15 is 0 Å². The molecule has 4 atom stereocenters. The molecule has 4 unspecified atom stereocenters. The van der Waals surface area contributed by atoms with Gasteiger partial charge >= 0.3 is 0 Å². The Labute approximate surface area is 133 Å². The van der Waals surface area contributed by atoms with Gasteiger partial charge in [-0.2, -0.15) is 0 Å². The zero-order chi connectivity index (χ0) is 15.4. The Bertz CT molecular complexity index is 511. The van der Waals surface area contributed by atoms with E-state index in [1.807, 2.05) is 0 Å². The summed E-state index contributed by atoms with van der Waals surface area (Å²) in [7, 11) is -1.17. The Morgan fingerprint density at radius 3 is 2.81 bits per heavy atom. The Balaban J connectivity index is 2.18. The molecule has 2 rings (SSSR count). The summed E-state index contributed by atoms with van der Waals surface area (Å²) in [5, 5.41) is 0.0906. The molecule has 1 aromatic carbocycles. The van der Waals surface area contributed by atoms with Gasteiger partial charge in [-0.1, -0.05) is 37.8 Å². The van der Waals surface area contributed by atoms with E-state index in [1.165, 1.54) is 25.0 Å². The lowest BCUT2D eigenvalue weighted by molar-refractivity contribution is 0.272. The van der Waals surface area contributed by atoms with Crippen molar-refractivity contribution in [2.45, 2.75) is 49.2 Å². The van der Waals surface area contributed by atoms with E-state index in [9.17, 15) is 8.60 Å². The zero-order valence-corrected chi connectivity index (χ0v) is 13.9. The number of hydrogen-bond donors (Lipinski definition) is 1. The van der Waals surface area contributed by atoms with Gasteiger partial charge in [0.1, 0.15) is 5.82 Å². The van der Waals surface area contributed by atoms with Crippen molar-refractivity contribution in [2.24, 2.45) is 17.6 Å². The molecule has 21 heavy (non-hydrogen) atoms. The molecule has 1 aliphatic carbocycles. The SMILES string of the molecule is CCCC1CCC(CN)C(S(=O)c2ccc(F)c(Cl)c2)C1. The second kappa shape index (κ2) is 7.70. The van der Waals surface area contributed by atoms with Crippen molar-refractivity contribution in [3.8, 4) is 0 Å². The molecule has 0 amide bonds. The van der Waals surface area contributed by atoms with Crippen molar-refractivity contribution in [2.75, 3.05) is 6.54 Å². The molecule has 118 valence electrons. The maximum Gasteiger partial charge on any atom is 0.141 e. The molecule has 0 radical (unpaired) electrons. The summed E-state index contributed by atoms with van der Waals surface area (Å²) >= 11 is 5.81. The largest absolute Gasteiger partial charge is 0.330 e. The molecule has 0 saturated heterocycles. The molecule has 2 N–H and O–H groups in total. The summed E-state index contributed by atoms with van der Waals surface area (Å²) in [6.45, 7) is 2.74. The fourth-order valence-corrected chi connectivity index (χ4v) is 5.33. The topological polar surface area (TPSA) is 43.1 Å². The number of halogens is 2. The predicted octanol–water partition coefficient (Wildman–Crippen LogP) is 4.13. The standard InChI is InChI=1S/C16H23ClFNOS/c1-2-3-11-4-5-12(10-19)16(8-11)21(20)13-6-7-15(18)14(17)9-13/h6-7,9,11-12,16H,2-5,8,10,19H2,1H3. The van der Waals surface area contributed by atoms with Crippen LogP contribution in [-0.4, -0.2) is 16.0 Å². The van der Waals surface area contributed by atoms with Gasteiger partial charge in [-0.15, -0.1) is 0 Å². The molecule has 0 bridgehead atoms. The van der Waals surface area contributed by atoms with Crippen molar-refractivity contribution >= 4 is 22.4 Å². The van der Waals surface area contributed by atoms with Crippen LogP contribution in [0.5, 0.6) is 0 Å². The van der Waals surface area contributed by atoms with Crippen LogP contribution in [-0.2, 0) is 10.8 Å². The smallest absolute Gasteiger partial charge is 0.141 e. The Morgan fingerprint density at radius 1 is 1.43 bits per heavy atom. The van der Waals surface area contributed by atoms with Crippen molar-refractivity contribution in [1.82, 2.24) is 0 Å². The van der Waals surface area contributed by atoms with Crippen LogP contribution in [0.3, 0.4) is 0 Å². The van der Waals surface area contributed by atoms with E-state index in [4.69, 9.17) is 17.3 Å². The van der Waals surface area contributed by atoms with Crippen LogP contribution in [0.2, 0.25) is 5.02 Å². The lowest BCUT2D eigenvalue weighted by Gasteiger charge is -2.35. The molecule has 1 aliphatic rings. The van der Waals surface area contributed by atoms with Crippen LogP contribution < -0.4 is 5.73 Å². The van der Waals surface area contributed by atoms with Gasteiger partial charge in [0.05, 0.1) is 15.8 Å². The van der Waals surface area contributed by atoms with Crippen LogP contribution >= 0.6 is 11.6 Å². The maximum absolute atomic E-state index is 13.3. The minimum Gasteiger partial charge on any atom is -0.330 e. The summed E-state index contributed by atoms with van der Waals surface area (Å²) in [4.78, 5) is 0.613. The Morgan fingerprint density at radius 2 is 2.19 bits per heavy atom. The first-order valence-corrected chi connectivity index (χ1v) is 9.21. The number of hydrogen-bond acceptors (Lipinski definition) is 2. The number of rotatable bonds is 5. The molecule has 0 spiro atoms. The van der Waals surface area contributed by atoms with Gasteiger partial charge in [-0.3, -0.25) is 4.21 Å². The highest BCUT2D eigenvalue weighted by Crippen LogP contribution is 2.36. The van der Waals surface area contributed by atoms with Crippen molar-refractivity contribution in [1.29, 1.82) is 0 Å². The molecule has 1 aromatic rings. The van der Waals surface area contributed by atoms with Gasteiger partial charge in [0.2, 0.25) is 0 Å². The van der Waals surface area contributed by atoms with Gasteiger partial charge in [0, 0.05) is 10.1 Å². The fraction of sp³-hybridized carbons (Fsp3) is 0.625. The highest BCUT2D eigenvalue weighted by molar-refractivity contribution is 7.85. The molecular weight excluding hydrogens is 309 g/mol. The van der Waals surface area contributed by atoms with Crippen molar-refractivity contribution in [3.63, 3.8) is 0 Å². The first-order valence-electron chi connectivity index (χ1n) is 7.62. The van der Waals surface area contributed by atoms with Gasteiger partial charge in [0.25, 0.3) is 0 Å². The van der Waals surface area contributed by atoms with E-state index in [2.05, 4.69) is 6.92 Å². The average Bonchev–Trinajstić information content (AvgIpc) is 2.49. The zero-order valence-electron chi connectivity index (χ0n) is 12.4. The summed E-state index contributed by atoms with van der Waals surface area (Å²) < 4.78 is 26.1. The molecule has 0 aliphatic heterocycles. The Kier molecular flexibility index (Phi) is 6.20. The summed E-state index contributed by atoms with van der Waals surface area (Å²) in [6.07, 6.45) is 5.48. The average molecular weight is 332 g/mol. The first-order chi connectivity index (χ1) is 10.1. The van der Waals surface area contributed by atoms with Crippen LogP contribution in [0.25, 0.3) is 0 Å². The quantitative estimate of drug-likeness (QED) is 0.881. The molecule has 1 fully saturated rings. The normalized spacial score (nSPS) is 27.5. The van der Waals surface area contributed by atoms with Crippen molar-refractivity contribution < 1.29 is 8.60 Å². The van der Waals surface area contributed by atoms with E-state index in [1.54, 1.807) is 6.07 Å². The summed E-state index contributed by atoms with van der Waals surface area (Å²) in [5.41, 5.74) is 5.86. The summed E-state index contributed by atoms with van der Waals surface area (Å²) in [6, 6.07) is 4.36. The third kappa shape index (κ3) is 4.05. The third-order valence-corrected chi connectivity index (χ3v) is 6.57. The highest BCUT2D eigenvalue weighted by atomic mass is 35.5. The van der Waals surface area contributed by atoms with Gasteiger partial charge in [0.15, 0.2) is 0 Å². The second-order valence-electron chi connectivity index (χ2n) is 5.88. The fourth-order valence-electron chi connectivity index (χ4n) is 3.25. The molecule has 5 heteroatoms. The molecule has 0 aromatic heterocycles. The molecule has 2 nitrogen and oxygen atoms in total. The second-order valence-corrected chi connectivity index (χ2v) is 7.95. The van der Waals surface area contributed by atoms with Gasteiger partial charge in [-0.25, -0.2) is 4.39 Å². The van der Waals surface area contributed by atoms with Gasteiger partial charge < -0.3 is 5.73 Å². The van der Waals surface area contributed by atoms with E-state index in [0.29, 0.717) is 17.4 Å². The third-order valence-electron chi connectivity index (χ3n) is 4.44. The van der Waals surface area contributed by atoms with Crippen LogP contribution in [0.1, 0.15) is 39.0 Å². The Hall–Kier alpha value is -0.450. The van der Waals surface area contributed by atoms with E-state index < -0.39 is 16.6 Å². The predicted molar refractivity (Wildman–Crippen MR) is 86.4 cm³/mol. The lowest BCUT2D eigenvalue weighted by atomic mass is 9.80. The van der Waals surface area contributed by atoms with E-state index in [-0.39, 0.29) is 16.2 Å². The molecule has 1 saturated carbocycles. The van der Waals surface area contributed by atoms with Crippen molar-refractivity contribution in [3.05, 3.63) is 29.0 Å². The first kappa shape index (κ1) is 16.9. The summed E-state index contributed by atoms with van der Waals surface area (Å²) in [5.74, 6) is 0.436. The molecule has 0 heterocycles. The van der Waals surface area contributed by atoms with E-state index in [0.717, 1.165) is 19.3 Å². The van der Waals surface area contributed by atoms with Crippen LogP contribution in [0, 0.1) is 17.7 Å². The minimum absolute atomic E-state index is 0.0334. The van der Waals surface area contributed by atoms with Gasteiger partial charge in [-0.05, 0) is 49.4 Å². The highest BCUT2D eigenvalue weighted by Gasteiger charge is 2.34. The van der Waals surface area contributed by atoms with Crippen LogP contribution in [0.15, 0.2) is 23.1 Å². The maximum atomic E-state index is 13.3. The molecular formula is C16H23ClFNOS. The minimum atomic E-state index is -1.17. The number of benzene rings is 1. The van der Waals surface area contributed by atoms with Crippen LogP contribution in [0.4, 0.5) is 4.39 Å². The lowest BCUT2D eigenvalue weighted by Crippen LogP contribution is -2.37. The monoisotopic (exact) mass is 331 g/mol.